The normalized spacial score (nSPS) is 11.2. The molecule has 1 heterocycles. The molecule has 0 aliphatic heterocycles. The number of halogens is 1. The molecule has 0 radical (unpaired) electrons. The smallest absolute Gasteiger partial charge is 0.333 e. The second kappa shape index (κ2) is 8.97. The van der Waals surface area contributed by atoms with Crippen molar-refractivity contribution >= 4 is 24.3 Å². The second-order valence-electron chi connectivity index (χ2n) is 4.58. The van der Waals surface area contributed by atoms with Crippen molar-refractivity contribution in [2.45, 2.75) is 19.5 Å². The summed E-state index contributed by atoms with van der Waals surface area (Å²) in [5.41, 5.74) is 6.40. The predicted molar refractivity (Wildman–Crippen MR) is 87.1 cm³/mol. The number of furan rings is 1. The number of carbonyl (C=O) groups is 2. The molecule has 0 saturated heterocycles. The molecule has 0 aliphatic rings. The quantitative estimate of drug-likeness (QED) is 0.787. The summed E-state index contributed by atoms with van der Waals surface area (Å²) in [6.45, 7) is 2.15. The van der Waals surface area contributed by atoms with Crippen LogP contribution in [0.3, 0.4) is 0 Å². The number of hydrogen-bond acceptors (Lipinski definition) is 5. The highest BCUT2D eigenvalue weighted by molar-refractivity contribution is 5.96. The molecular weight excluding hydrogens is 320 g/mol. The van der Waals surface area contributed by atoms with Crippen LogP contribution in [-0.4, -0.2) is 18.5 Å². The average Bonchev–Trinajstić information content (AvgIpc) is 3.02. The van der Waals surface area contributed by atoms with Crippen molar-refractivity contribution in [3.05, 3.63) is 59.5 Å². The zero-order valence-corrected chi connectivity index (χ0v) is 13.5. The van der Waals surface area contributed by atoms with Gasteiger partial charge in [0.1, 0.15) is 12.0 Å². The minimum atomic E-state index is -0.870. The van der Waals surface area contributed by atoms with Gasteiger partial charge in [-0.05, 0) is 18.6 Å². The summed E-state index contributed by atoms with van der Waals surface area (Å²) < 4.78 is 10.2. The number of benzene rings is 1. The summed E-state index contributed by atoms with van der Waals surface area (Å²) >= 11 is 0. The number of nitrogens with one attached hydrogen (secondary N) is 1. The molecule has 124 valence electrons. The van der Waals surface area contributed by atoms with Crippen molar-refractivity contribution in [1.29, 1.82) is 0 Å². The van der Waals surface area contributed by atoms with Crippen LogP contribution in [0.4, 0.5) is 0 Å². The largest absolute Gasteiger partial charge is 0.467 e. The van der Waals surface area contributed by atoms with Gasteiger partial charge in [0.25, 0.3) is 5.91 Å². The first-order chi connectivity index (χ1) is 10.7. The van der Waals surface area contributed by atoms with Crippen molar-refractivity contribution in [3.63, 3.8) is 0 Å². The molecule has 1 atom stereocenters. The Morgan fingerprint density at radius 1 is 1.30 bits per heavy atom. The lowest BCUT2D eigenvalue weighted by molar-refractivity contribution is -0.145. The first-order valence-corrected chi connectivity index (χ1v) is 6.95. The molecule has 7 heteroatoms. The van der Waals surface area contributed by atoms with Crippen molar-refractivity contribution in [3.8, 4) is 0 Å². The third kappa shape index (κ3) is 4.84. The Balaban J connectivity index is 0.00000264. The van der Waals surface area contributed by atoms with E-state index in [-0.39, 0.29) is 25.6 Å². The molecule has 2 aromatic rings. The number of ether oxygens (including phenoxy) is 1. The van der Waals surface area contributed by atoms with Crippen LogP contribution in [-0.2, 0) is 16.1 Å². The van der Waals surface area contributed by atoms with Gasteiger partial charge in [0.05, 0.1) is 18.7 Å². The van der Waals surface area contributed by atoms with Gasteiger partial charge in [-0.15, -0.1) is 12.4 Å². The minimum Gasteiger partial charge on any atom is -0.467 e. The van der Waals surface area contributed by atoms with Gasteiger partial charge in [-0.25, -0.2) is 4.79 Å². The Morgan fingerprint density at radius 3 is 2.57 bits per heavy atom. The van der Waals surface area contributed by atoms with Gasteiger partial charge in [-0.1, -0.05) is 30.3 Å². The van der Waals surface area contributed by atoms with Crippen LogP contribution in [0.15, 0.2) is 47.1 Å². The van der Waals surface area contributed by atoms with E-state index in [9.17, 15) is 9.59 Å². The lowest BCUT2D eigenvalue weighted by Gasteiger charge is -2.17. The molecule has 0 fully saturated rings. The van der Waals surface area contributed by atoms with Crippen LogP contribution >= 0.6 is 12.4 Å². The summed E-state index contributed by atoms with van der Waals surface area (Å²) in [5, 5.41) is 2.66. The minimum absolute atomic E-state index is 0. The maximum absolute atomic E-state index is 12.2. The molecule has 2 rings (SSSR count). The van der Waals surface area contributed by atoms with Gasteiger partial charge in [-0.3, -0.25) is 4.79 Å². The molecule has 3 N–H and O–H groups in total. The molecule has 1 aromatic heterocycles. The number of hydrogen-bond donors (Lipinski definition) is 2. The molecule has 0 spiro atoms. The molecular formula is C16H19ClN2O4. The van der Waals surface area contributed by atoms with Gasteiger partial charge in [0.15, 0.2) is 6.04 Å². The summed E-state index contributed by atoms with van der Waals surface area (Å²) in [7, 11) is 0. The van der Waals surface area contributed by atoms with E-state index in [1.165, 1.54) is 6.26 Å². The number of esters is 1. The van der Waals surface area contributed by atoms with Gasteiger partial charge < -0.3 is 20.2 Å². The van der Waals surface area contributed by atoms with Crippen molar-refractivity contribution in [2.24, 2.45) is 5.73 Å². The summed E-state index contributed by atoms with van der Waals surface area (Å²) in [6.07, 6.45) is 1.31. The lowest BCUT2D eigenvalue weighted by atomic mass is 10.1. The monoisotopic (exact) mass is 338 g/mol. The first kappa shape index (κ1) is 18.7. The zero-order valence-electron chi connectivity index (χ0n) is 12.7. The van der Waals surface area contributed by atoms with Crippen LogP contribution in [0.5, 0.6) is 0 Å². The molecule has 0 saturated carbocycles. The van der Waals surface area contributed by atoms with Crippen molar-refractivity contribution < 1.29 is 18.7 Å². The highest BCUT2D eigenvalue weighted by Crippen LogP contribution is 2.16. The standard InChI is InChI=1S/C16H18N2O4.ClH/c1-2-21-16(20)14(11-6-4-3-5-7-11)18-15(19)12-8-13(9-17)22-10-12;/h3-8,10,14H,2,9,17H2,1H3,(H,18,19);1H/t14-;/m1./s1. The Labute approximate surface area is 140 Å². The second-order valence-corrected chi connectivity index (χ2v) is 4.58. The van der Waals surface area contributed by atoms with Crippen LogP contribution in [0.1, 0.15) is 34.6 Å². The average molecular weight is 339 g/mol. The van der Waals surface area contributed by atoms with Crippen molar-refractivity contribution in [2.75, 3.05) is 6.61 Å². The van der Waals surface area contributed by atoms with Crippen molar-refractivity contribution in [1.82, 2.24) is 5.32 Å². The van der Waals surface area contributed by atoms with Crippen LogP contribution < -0.4 is 11.1 Å². The third-order valence-electron chi connectivity index (χ3n) is 3.05. The van der Waals surface area contributed by atoms with E-state index >= 15 is 0 Å². The molecule has 1 aromatic carbocycles. The molecule has 0 unspecified atom stereocenters. The first-order valence-electron chi connectivity index (χ1n) is 6.95. The molecule has 0 aliphatic carbocycles. The summed E-state index contributed by atoms with van der Waals surface area (Å²) in [4.78, 5) is 24.3. The Kier molecular flexibility index (Phi) is 7.31. The number of amides is 1. The highest BCUT2D eigenvalue weighted by Gasteiger charge is 2.25. The number of carbonyl (C=O) groups excluding carboxylic acids is 2. The predicted octanol–water partition coefficient (Wildman–Crippen LogP) is 2.19. The van der Waals surface area contributed by atoms with E-state index in [1.54, 1.807) is 37.3 Å². The van der Waals surface area contributed by atoms with Crippen LogP contribution in [0.2, 0.25) is 0 Å². The SMILES string of the molecule is CCOC(=O)[C@H](NC(=O)c1coc(CN)c1)c1ccccc1.Cl. The molecule has 0 bridgehead atoms. The van der Waals surface area contributed by atoms with E-state index in [0.29, 0.717) is 16.9 Å². The fourth-order valence-corrected chi connectivity index (χ4v) is 1.97. The Bertz CT molecular complexity index is 643. The fraction of sp³-hybridized carbons (Fsp3) is 0.250. The zero-order chi connectivity index (χ0) is 15.9. The van der Waals surface area contributed by atoms with Gasteiger partial charge >= 0.3 is 5.97 Å². The maximum atomic E-state index is 12.2. The van der Waals surface area contributed by atoms with E-state index in [4.69, 9.17) is 14.9 Å². The van der Waals surface area contributed by atoms with Gasteiger partial charge in [0.2, 0.25) is 0 Å². The fourth-order valence-electron chi connectivity index (χ4n) is 1.97. The van der Waals surface area contributed by atoms with E-state index in [2.05, 4.69) is 5.32 Å². The summed E-state index contributed by atoms with van der Waals surface area (Å²) in [6, 6.07) is 9.59. The molecule has 23 heavy (non-hydrogen) atoms. The van der Waals surface area contributed by atoms with E-state index in [0.717, 1.165) is 0 Å². The number of rotatable bonds is 6. The van der Waals surface area contributed by atoms with Gasteiger partial charge in [-0.2, -0.15) is 0 Å². The Morgan fingerprint density at radius 2 is 2.00 bits per heavy atom. The molecule has 1 amide bonds. The maximum Gasteiger partial charge on any atom is 0.333 e. The van der Waals surface area contributed by atoms with E-state index in [1.807, 2.05) is 6.07 Å². The Hall–Kier alpha value is -2.31. The van der Waals surface area contributed by atoms with Crippen LogP contribution in [0.25, 0.3) is 0 Å². The lowest BCUT2D eigenvalue weighted by Crippen LogP contribution is -2.34. The van der Waals surface area contributed by atoms with Crippen LogP contribution in [0, 0.1) is 0 Å². The third-order valence-corrected chi connectivity index (χ3v) is 3.05. The van der Waals surface area contributed by atoms with Gasteiger partial charge in [0, 0.05) is 0 Å². The van der Waals surface area contributed by atoms with E-state index < -0.39 is 17.9 Å². The number of nitrogens with two attached hydrogens (primary N) is 1. The highest BCUT2D eigenvalue weighted by atomic mass is 35.5. The molecule has 6 nitrogen and oxygen atoms in total. The topological polar surface area (TPSA) is 94.6 Å². The summed E-state index contributed by atoms with van der Waals surface area (Å²) in [5.74, 6) is -0.438.